The van der Waals surface area contributed by atoms with Crippen LogP contribution in [0.3, 0.4) is 0 Å². The molecule has 0 bridgehead atoms. The van der Waals surface area contributed by atoms with Gasteiger partial charge in [0.15, 0.2) is 8.32 Å². The van der Waals surface area contributed by atoms with Crippen LogP contribution >= 0.6 is 0 Å². The minimum Gasteiger partial charge on any atom is -0.459 e. The van der Waals surface area contributed by atoms with Gasteiger partial charge in [-0.15, -0.1) is 0 Å². The van der Waals surface area contributed by atoms with E-state index in [1.165, 1.54) is 6.08 Å². The molecule has 0 radical (unpaired) electrons. The fourth-order valence-electron chi connectivity index (χ4n) is 2.06. The lowest BCUT2D eigenvalue weighted by Crippen LogP contribution is -2.50. The second kappa shape index (κ2) is 5.60. The summed E-state index contributed by atoms with van der Waals surface area (Å²) in [6.07, 6.45) is 1.45. The number of ketones is 2. The predicted octanol–water partition coefficient (Wildman–Crippen LogP) is 4.07. The van der Waals surface area contributed by atoms with Crippen LogP contribution in [0.15, 0.2) is 11.8 Å². The first kappa shape index (κ1) is 19.1. The number of hydrogen-bond acceptors (Lipinski definition) is 4. The average Bonchev–Trinajstić information content (AvgIpc) is 2.51. The third-order valence-electron chi connectivity index (χ3n) is 3.35. The molecule has 0 aliphatic carbocycles. The van der Waals surface area contributed by atoms with Crippen LogP contribution in [-0.4, -0.2) is 25.7 Å². The van der Waals surface area contributed by atoms with Crippen molar-refractivity contribution in [3.8, 4) is 0 Å². The Morgan fingerprint density at radius 1 is 1.18 bits per heavy atom. The van der Waals surface area contributed by atoms with E-state index in [0.717, 1.165) is 0 Å². The summed E-state index contributed by atoms with van der Waals surface area (Å²) in [7, 11) is -2.08. The van der Waals surface area contributed by atoms with E-state index in [-0.39, 0.29) is 23.4 Å². The molecule has 0 amide bonds. The van der Waals surface area contributed by atoms with Crippen LogP contribution in [0.4, 0.5) is 0 Å². The smallest absolute Gasteiger partial charge is 0.272 e. The number of hydrogen-bond donors (Lipinski definition) is 0. The highest BCUT2D eigenvalue weighted by Crippen LogP contribution is 2.41. The molecule has 1 aliphatic rings. The highest BCUT2D eigenvalue weighted by molar-refractivity contribution is 6.70. The summed E-state index contributed by atoms with van der Waals surface area (Å²) in [5.41, 5.74) is -0.838. The van der Waals surface area contributed by atoms with Gasteiger partial charge in [-0.1, -0.05) is 41.5 Å². The molecule has 22 heavy (non-hydrogen) atoms. The summed E-state index contributed by atoms with van der Waals surface area (Å²) >= 11 is 0. The van der Waals surface area contributed by atoms with Crippen molar-refractivity contribution in [2.24, 2.45) is 10.8 Å². The van der Waals surface area contributed by atoms with Crippen molar-refractivity contribution < 1.29 is 18.8 Å². The minimum absolute atomic E-state index is 0.0392. The summed E-state index contributed by atoms with van der Waals surface area (Å²) in [5, 5.41) is 0. The lowest BCUT2D eigenvalue weighted by Gasteiger charge is -2.36. The third-order valence-corrected chi connectivity index (χ3v) is 4.29. The van der Waals surface area contributed by atoms with E-state index in [4.69, 9.17) is 9.16 Å². The van der Waals surface area contributed by atoms with Gasteiger partial charge >= 0.3 is 0 Å². The molecule has 0 aromatic rings. The Kier molecular flexibility index (Phi) is 4.87. The lowest BCUT2D eigenvalue weighted by molar-refractivity contribution is -0.180. The number of Topliss-reactive ketones (excluding diaryl/α,β-unsaturated/α-hetero) is 1. The zero-order chi connectivity index (χ0) is 17.6. The number of carbonyl (C=O) groups is 2. The van der Waals surface area contributed by atoms with Crippen molar-refractivity contribution in [3.05, 3.63) is 11.8 Å². The van der Waals surface area contributed by atoms with E-state index >= 15 is 0 Å². The largest absolute Gasteiger partial charge is 0.459 e. The summed E-state index contributed by atoms with van der Waals surface area (Å²) in [4.78, 5) is 25.1. The first-order valence-electron chi connectivity index (χ1n) is 7.76. The van der Waals surface area contributed by atoms with Crippen molar-refractivity contribution in [3.63, 3.8) is 0 Å². The summed E-state index contributed by atoms with van der Waals surface area (Å²) < 4.78 is 12.1. The Balaban J connectivity index is 3.17. The maximum atomic E-state index is 12.6. The standard InChI is InChI=1S/C17H30O4Si/c1-15(2,3)13(19)11-17(21-22(7,8)9)12(18)10-14(20-17)16(4,5)6/h10H,11H2,1-9H3. The second-order valence-electron chi connectivity index (χ2n) is 9.04. The second-order valence-corrected chi connectivity index (χ2v) is 13.5. The Hall–Kier alpha value is -0.943. The molecule has 0 N–H and O–H groups in total. The molecule has 0 fully saturated rings. The zero-order valence-electron chi connectivity index (χ0n) is 15.4. The van der Waals surface area contributed by atoms with Crippen molar-refractivity contribution in [2.75, 3.05) is 0 Å². The quantitative estimate of drug-likeness (QED) is 0.731. The van der Waals surface area contributed by atoms with Gasteiger partial charge in [0.25, 0.3) is 5.79 Å². The van der Waals surface area contributed by atoms with Gasteiger partial charge in [0.05, 0.1) is 6.42 Å². The highest BCUT2D eigenvalue weighted by atomic mass is 28.4. The van der Waals surface area contributed by atoms with Gasteiger partial charge in [-0.2, -0.15) is 0 Å². The van der Waals surface area contributed by atoms with E-state index in [9.17, 15) is 9.59 Å². The van der Waals surface area contributed by atoms with Crippen LogP contribution in [-0.2, 0) is 18.8 Å². The number of rotatable bonds is 4. The SMILES string of the molecule is CC(C)(C)C(=O)CC1(O[Si](C)(C)C)OC(C(C)(C)C)=CC1=O. The van der Waals surface area contributed by atoms with Crippen molar-refractivity contribution in [1.29, 1.82) is 0 Å². The van der Waals surface area contributed by atoms with Gasteiger partial charge in [-0.25, -0.2) is 0 Å². The van der Waals surface area contributed by atoms with Gasteiger partial charge in [0.2, 0.25) is 5.78 Å². The van der Waals surface area contributed by atoms with Crippen molar-refractivity contribution in [1.82, 2.24) is 0 Å². The van der Waals surface area contributed by atoms with Crippen LogP contribution in [0.2, 0.25) is 19.6 Å². The first-order valence-corrected chi connectivity index (χ1v) is 11.2. The first-order chi connectivity index (χ1) is 9.57. The zero-order valence-corrected chi connectivity index (χ0v) is 16.4. The minimum atomic E-state index is -2.08. The monoisotopic (exact) mass is 326 g/mol. The third kappa shape index (κ3) is 4.52. The molecule has 0 aromatic carbocycles. The molecular weight excluding hydrogens is 296 g/mol. The van der Waals surface area contributed by atoms with Gasteiger partial charge in [-0.05, 0) is 19.6 Å². The van der Waals surface area contributed by atoms with E-state index in [0.29, 0.717) is 5.76 Å². The summed E-state index contributed by atoms with van der Waals surface area (Å²) in [6, 6.07) is 0. The van der Waals surface area contributed by atoms with Crippen LogP contribution < -0.4 is 0 Å². The van der Waals surface area contributed by atoms with Crippen LogP contribution in [0.5, 0.6) is 0 Å². The van der Waals surface area contributed by atoms with E-state index in [1.54, 1.807) is 0 Å². The predicted molar refractivity (Wildman–Crippen MR) is 89.9 cm³/mol. The van der Waals surface area contributed by atoms with Gasteiger partial charge < -0.3 is 9.16 Å². The van der Waals surface area contributed by atoms with Gasteiger partial charge in [-0.3, -0.25) is 9.59 Å². The number of ether oxygens (including phenoxy) is 1. The summed E-state index contributed by atoms with van der Waals surface area (Å²) in [6.45, 7) is 17.4. The normalized spacial score (nSPS) is 23.3. The molecule has 0 saturated carbocycles. The van der Waals surface area contributed by atoms with E-state index in [2.05, 4.69) is 0 Å². The van der Waals surface area contributed by atoms with Crippen molar-refractivity contribution >= 4 is 19.9 Å². The Morgan fingerprint density at radius 2 is 1.68 bits per heavy atom. The van der Waals surface area contributed by atoms with Gasteiger partial charge in [0.1, 0.15) is 11.5 Å². The van der Waals surface area contributed by atoms with Crippen LogP contribution in [0, 0.1) is 10.8 Å². The van der Waals surface area contributed by atoms with E-state index < -0.39 is 19.5 Å². The molecule has 1 unspecified atom stereocenters. The maximum absolute atomic E-state index is 12.6. The lowest BCUT2D eigenvalue weighted by atomic mass is 9.86. The fourth-order valence-corrected chi connectivity index (χ4v) is 3.26. The molecule has 0 spiro atoms. The highest BCUT2D eigenvalue weighted by Gasteiger charge is 2.52. The molecule has 5 heteroatoms. The Labute approximate surface area is 135 Å². The van der Waals surface area contributed by atoms with Crippen LogP contribution in [0.1, 0.15) is 48.0 Å². The number of allylic oxidation sites excluding steroid dienone is 1. The molecule has 1 aliphatic heterocycles. The molecular formula is C17H30O4Si. The molecule has 4 nitrogen and oxygen atoms in total. The molecule has 1 heterocycles. The molecule has 0 aromatic heterocycles. The molecule has 0 saturated heterocycles. The molecule has 1 rings (SSSR count). The molecule has 126 valence electrons. The maximum Gasteiger partial charge on any atom is 0.272 e. The topological polar surface area (TPSA) is 52.6 Å². The van der Waals surface area contributed by atoms with Crippen molar-refractivity contribution in [2.45, 2.75) is 73.4 Å². The van der Waals surface area contributed by atoms with Gasteiger partial charge in [0, 0.05) is 16.9 Å². The average molecular weight is 327 g/mol. The van der Waals surface area contributed by atoms with Crippen LogP contribution in [0.25, 0.3) is 0 Å². The molecule has 1 atom stereocenters. The number of carbonyl (C=O) groups excluding carboxylic acids is 2. The summed E-state index contributed by atoms with van der Waals surface area (Å²) in [5.74, 6) is -1.19. The Bertz CT molecular complexity index is 500. The Morgan fingerprint density at radius 3 is 2.00 bits per heavy atom. The fraction of sp³-hybridized carbons (Fsp3) is 0.765. The van der Waals surface area contributed by atoms with E-state index in [1.807, 2.05) is 61.2 Å².